The fourth-order valence-corrected chi connectivity index (χ4v) is 5.15. The normalized spacial score (nSPS) is 11.6. The van der Waals surface area contributed by atoms with Gasteiger partial charge in [0.25, 0.3) is 0 Å². The number of hydrogen-bond acceptors (Lipinski definition) is 1. The molecule has 0 bridgehead atoms. The second-order valence-electron chi connectivity index (χ2n) is 10.7. The maximum Gasteiger partial charge on any atom is 0.246 e. The summed E-state index contributed by atoms with van der Waals surface area (Å²) >= 11 is 0. The number of aryl methyl sites for hydroxylation is 1. The van der Waals surface area contributed by atoms with Crippen LogP contribution in [0.25, 0.3) is 11.0 Å². The zero-order valence-electron chi connectivity index (χ0n) is 23.5. The van der Waals surface area contributed by atoms with Crippen molar-refractivity contribution in [2.24, 2.45) is 0 Å². The van der Waals surface area contributed by atoms with E-state index in [1.165, 1.54) is 139 Å². The van der Waals surface area contributed by atoms with E-state index >= 15 is 0 Å². The predicted molar refractivity (Wildman–Crippen MR) is 152 cm³/mol. The van der Waals surface area contributed by atoms with E-state index in [4.69, 9.17) is 4.74 Å². The van der Waals surface area contributed by atoms with Gasteiger partial charge in [0.15, 0.2) is 17.8 Å². The van der Waals surface area contributed by atoms with Gasteiger partial charge >= 0.3 is 0 Å². The minimum Gasteiger partial charge on any atom is -0.342 e. The summed E-state index contributed by atoms with van der Waals surface area (Å²) in [7, 11) is 0. The number of nitrogens with zero attached hydrogens (tertiary/aromatic N) is 2. The number of aromatic nitrogens is 2. The number of hydrogen-bond donors (Lipinski definition) is 0. The molecule has 2 aromatic rings. The maximum atomic E-state index is 6.07. The van der Waals surface area contributed by atoms with Gasteiger partial charge < -0.3 is 4.74 Å². The van der Waals surface area contributed by atoms with Crippen molar-refractivity contribution in [3.05, 3.63) is 30.6 Å². The first-order valence-corrected chi connectivity index (χ1v) is 15.4. The Morgan fingerprint density at radius 1 is 0.600 bits per heavy atom. The standard InChI is InChI=1S/C32H57N2O/c1-3-5-7-9-11-12-13-14-15-16-17-18-20-24-28-35-30-34-29-33(27-23-19-10-8-6-4-2)31-25-21-22-26-32(31)34/h21-22,25-26,29H,3-20,23-24,27-28,30H2,1-2H3/q+1. The molecule has 0 radical (unpaired) electrons. The third-order valence-electron chi connectivity index (χ3n) is 7.40. The number of ether oxygens (including phenoxy) is 1. The Morgan fingerprint density at radius 3 is 1.66 bits per heavy atom. The van der Waals surface area contributed by atoms with Crippen LogP contribution in [0.15, 0.2) is 30.6 Å². The van der Waals surface area contributed by atoms with Crippen molar-refractivity contribution >= 4 is 11.0 Å². The molecule has 0 unspecified atom stereocenters. The lowest BCUT2D eigenvalue weighted by Gasteiger charge is -2.04. The van der Waals surface area contributed by atoms with E-state index in [1.807, 2.05) is 0 Å². The number of rotatable bonds is 24. The van der Waals surface area contributed by atoms with Gasteiger partial charge in [-0.1, -0.05) is 135 Å². The highest BCUT2D eigenvalue weighted by atomic mass is 16.5. The number of para-hydroxylation sites is 2. The Kier molecular flexibility index (Phi) is 17.8. The van der Waals surface area contributed by atoms with Crippen LogP contribution in [0.4, 0.5) is 0 Å². The van der Waals surface area contributed by atoms with E-state index in [9.17, 15) is 0 Å². The molecule has 0 aliphatic rings. The van der Waals surface area contributed by atoms with Crippen molar-refractivity contribution in [2.45, 2.75) is 156 Å². The number of unbranched alkanes of at least 4 members (excludes halogenated alkanes) is 18. The van der Waals surface area contributed by atoms with Gasteiger partial charge in [-0.25, -0.2) is 9.13 Å². The molecule has 1 aromatic heterocycles. The fourth-order valence-electron chi connectivity index (χ4n) is 5.15. The molecule has 0 spiro atoms. The van der Waals surface area contributed by atoms with E-state index in [-0.39, 0.29) is 0 Å². The summed E-state index contributed by atoms with van der Waals surface area (Å²) < 4.78 is 10.8. The van der Waals surface area contributed by atoms with Crippen molar-refractivity contribution in [1.29, 1.82) is 0 Å². The summed E-state index contributed by atoms with van der Waals surface area (Å²) in [5.74, 6) is 0. The van der Waals surface area contributed by atoms with Gasteiger partial charge in [0.05, 0.1) is 13.2 Å². The summed E-state index contributed by atoms with van der Waals surface area (Å²) in [4.78, 5) is 0. The highest BCUT2D eigenvalue weighted by Gasteiger charge is 2.14. The topological polar surface area (TPSA) is 18.0 Å². The highest BCUT2D eigenvalue weighted by Crippen LogP contribution is 2.15. The SMILES string of the molecule is CCCCCCCCCCCCCCCCOC[n+]1cn(CCCCCCCC)c2ccccc21. The molecule has 0 aliphatic carbocycles. The molecule has 3 nitrogen and oxygen atoms in total. The van der Waals surface area contributed by atoms with Crippen molar-refractivity contribution in [1.82, 2.24) is 4.57 Å². The van der Waals surface area contributed by atoms with Crippen LogP contribution in [0.5, 0.6) is 0 Å². The number of benzene rings is 1. The molecule has 0 fully saturated rings. The van der Waals surface area contributed by atoms with Crippen LogP contribution in [0, 0.1) is 0 Å². The van der Waals surface area contributed by atoms with Gasteiger partial charge in [0.1, 0.15) is 0 Å². The van der Waals surface area contributed by atoms with Crippen molar-refractivity contribution in [3.8, 4) is 0 Å². The van der Waals surface area contributed by atoms with Crippen LogP contribution in [0.2, 0.25) is 0 Å². The van der Waals surface area contributed by atoms with Gasteiger partial charge in [0.2, 0.25) is 6.33 Å². The summed E-state index contributed by atoms with van der Waals surface area (Å²) in [5, 5.41) is 0. The Hall–Kier alpha value is -1.35. The van der Waals surface area contributed by atoms with E-state index in [0.717, 1.165) is 13.2 Å². The minimum atomic E-state index is 0.669. The zero-order chi connectivity index (χ0) is 24.8. The molecule has 0 saturated heterocycles. The maximum absolute atomic E-state index is 6.07. The lowest BCUT2D eigenvalue weighted by molar-refractivity contribution is -0.710. The van der Waals surface area contributed by atoms with Crippen LogP contribution >= 0.6 is 0 Å². The third-order valence-corrected chi connectivity index (χ3v) is 7.40. The number of imidazole rings is 1. The molecular formula is C32H57N2O+. The lowest BCUT2D eigenvalue weighted by Crippen LogP contribution is -2.34. The second-order valence-corrected chi connectivity index (χ2v) is 10.7. The summed E-state index contributed by atoms with van der Waals surface area (Å²) in [6, 6.07) is 8.76. The van der Waals surface area contributed by atoms with E-state index in [0.29, 0.717) is 6.73 Å². The monoisotopic (exact) mass is 485 g/mol. The molecule has 3 heteroatoms. The van der Waals surface area contributed by atoms with Crippen LogP contribution < -0.4 is 4.57 Å². The van der Waals surface area contributed by atoms with E-state index in [2.05, 4.69) is 53.6 Å². The smallest absolute Gasteiger partial charge is 0.246 e. The average molecular weight is 486 g/mol. The Morgan fingerprint density at radius 2 is 1.09 bits per heavy atom. The largest absolute Gasteiger partial charge is 0.342 e. The van der Waals surface area contributed by atoms with Crippen LogP contribution in [-0.4, -0.2) is 11.2 Å². The zero-order valence-corrected chi connectivity index (χ0v) is 23.5. The first-order chi connectivity index (χ1) is 17.4. The molecular weight excluding hydrogens is 428 g/mol. The highest BCUT2D eigenvalue weighted by molar-refractivity contribution is 5.71. The second kappa shape index (κ2) is 20.8. The molecule has 0 aliphatic heterocycles. The Labute approximate surface area is 217 Å². The van der Waals surface area contributed by atoms with Gasteiger partial charge in [-0.2, -0.15) is 0 Å². The molecule has 0 amide bonds. The van der Waals surface area contributed by atoms with Crippen LogP contribution in [-0.2, 0) is 18.0 Å². The van der Waals surface area contributed by atoms with Crippen molar-refractivity contribution < 1.29 is 9.30 Å². The molecule has 35 heavy (non-hydrogen) atoms. The van der Waals surface area contributed by atoms with Gasteiger partial charge in [-0.05, 0) is 31.4 Å². The minimum absolute atomic E-state index is 0.669. The fraction of sp³-hybridized carbons (Fsp3) is 0.781. The third kappa shape index (κ3) is 13.5. The van der Waals surface area contributed by atoms with Gasteiger partial charge in [0, 0.05) is 0 Å². The Balaban J connectivity index is 1.49. The summed E-state index contributed by atoms with van der Waals surface area (Å²) in [6.45, 7) is 7.24. The molecule has 0 saturated carbocycles. The summed E-state index contributed by atoms with van der Waals surface area (Å²) in [5.41, 5.74) is 2.63. The van der Waals surface area contributed by atoms with Crippen LogP contribution in [0.1, 0.15) is 142 Å². The van der Waals surface area contributed by atoms with Gasteiger partial charge in [-0.3, -0.25) is 0 Å². The molecule has 200 valence electrons. The van der Waals surface area contributed by atoms with E-state index in [1.54, 1.807) is 0 Å². The first-order valence-electron chi connectivity index (χ1n) is 15.4. The van der Waals surface area contributed by atoms with Crippen molar-refractivity contribution in [3.63, 3.8) is 0 Å². The quantitative estimate of drug-likeness (QED) is 0.107. The molecule has 0 atom stereocenters. The molecule has 2 rings (SSSR count). The molecule has 1 heterocycles. The Bertz CT molecular complexity index is 738. The van der Waals surface area contributed by atoms with E-state index < -0.39 is 0 Å². The van der Waals surface area contributed by atoms with Crippen molar-refractivity contribution in [2.75, 3.05) is 6.61 Å². The van der Waals surface area contributed by atoms with Crippen LogP contribution in [0.3, 0.4) is 0 Å². The average Bonchev–Trinajstić information content (AvgIpc) is 3.23. The van der Waals surface area contributed by atoms with Gasteiger partial charge in [-0.15, -0.1) is 0 Å². The number of fused-ring (bicyclic) bond motifs is 1. The summed E-state index contributed by atoms with van der Waals surface area (Å²) in [6.07, 6.45) is 29.9. The lowest BCUT2D eigenvalue weighted by atomic mass is 10.0. The first kappa shape index (κ1) is 29.9. The predicted octanol–water partition coefficient (Wildman–Crippen LogP) is 9.74. The molecule has 1 aromatic carbocycles. The molecule has 0 N–H and O–H groups in total.